The van der Waals surface area contributed by atoms with Gasteiger partial charge >= 0.3 is 5.97 Å². The van der Waals surface area contributed by atoms with Crippen LogP contribution in [0.15, 0.2) is 20.1 Å². The summed E-state index contributed by atoms with van der Waals surface area (Å²) in [5.41, 5.74) is 4.85. The molecule has 0 saturated heterocycles. The predicted molar refractivity (Wildman–Crippen MR) is 67.6 cm³/mol. The third-order valence-corrected chi connectivity index (χ3v) is 5.97. The fourth-order valence-corrected chi connectivity index (χ4v) is 4.64. The Hall–Kier alpha value is -0.970. The third kappa shape index (κ3) is 3.77. The molecule has 18 heavy (non-hydrogen) atoms. The van der Waals surface area contributed by atoms with Gasteiger partial charge in [-0.05, 0) is 27.4 Å². The summed E-state index contributed by atoms with van der Waals surface area (Å²) >= 11 is 3.95. The van der Waals surface area contributed by atoms with Gasteiger partial charge in [-0.2, -0.15) is 4.72 Å². The minimum atomic E-state index is -4.00. The van der Waals surface area contributed by atoms with E-state index in [-0.39, 0.29) is 4.21 Å². The van der Waals surface area contributed by atoms with Crippen LogP contribution in [0.2, 0.25) is 0 Å². The Morgan fingerprint density at radius 2 is 2.17 bits per heavy atom. The SMILES string of the molecule is NC(=O)C[C@@H](NS(=O)(=O)c1sccc1Br)C(=O)O. The molecule has 0 saturated carbocycles. The molecule has 0 spiro atoms. The number of nitrogens with two attached hydrogens (primary N) is 1. The molecule has 10 heteroatoms. The van der Waals surface area contributed by atoms with E-state index in [1.807, 2.05) is 4.72 Å². The molecule has 1 atom stereocenters. The molecule has 1 amide bonds. The van der Waals surface area contributed by atoms with Crippen LogP contribution in [0.5, 0.6) is 0 Å². The molecule has 1 aromatic heterocycles. The monoisotopic (exact) mass is 356 g/mol. The van der Waals surface area contributed by atoms with Gasteiger partial charge in [-0.3, -0.25) is 9.59 Å². The molecule has 1 rings (SSSR count). The zero-order valence-corrected chi connectivity index (χ0v) is 12.0. The van der Waals surface area contributed by atoms with Crippen LogP contribution < -0.4 is 10.5 Å². The van der Waals surface area contributed by atoms with Gasteiger partial charge in [0.1, 0.15) is 10.3 Å². The van der Waals surface area contributed by atoms with Crippen LogP contribution >= 0.6 is 27.3 Å². The third-order valence-electron chi connectivity index (χ3n) is 1.83. The molecule has 0 bridgehead atoms. The molecule has 0 unspecified atom stereocenters. The van der Waals surface area contributed by atoms with Crippen molar-refractivity contribution in [2.75, 3.05) is 0 Å². The normalized spacial score (nSPS) is 13.2. The van der Waals surface area contributed by atoms with E-state index in [4.69, 9.17) is 10.8 Å². The molecule has 1 aromatic rings. The first-order chi connectivity index (χ1) is 8.24. The summed E-state index contributed by atoms with van der Waals surface area (Å²) < 4.78 is 25.9. The lowest BCUT2D eigenvalue weighted by Crippen LogP contribution is -2.43. The Kier molecular flexibility index (Phi) is 4.85. The van der Waals surface area contributed by atoms with E-state index in [1.54, 1.807) is 0 Å². The molecular formula is C8H9BrN2O5S2. The quantitative estimate of drug-likeness (QED) is 0.666. The van der Waals surface area contributed by atoms with Crippen LogP contribution in [0.3, 0.4) is 0 Å². The summed E-state index contributed by atoms with van der Waals surface area (Å²) in [6.45, 7) is 0. The lowest BCUT2D eigenvalue weighted by atomic mass is 10.2. The first kappa shape index (κ1) is 15.1. The zero-order chi connectivity index (χ0) is 13.9. The number of hydrogen-bond acceptors (Lipinski definition) is 5. The van der Waals surface area contributed by atoms with Crippen molar-refractivity contribution >= 4 is 49.2 Å². The number of carbonyl (C=O) groups excluding carboxylic acids is 1. The molecule has 100 valence electrons. The van der Waals surface area contributed by atoms with Gasteiger partial charge in [0.25, 0.3) is 10.0 Å². The summed E-state index contributed by atoms with van der Waals surface area (Å²) in [5.74, 6) is -2.37. The van der Waals surface area contributed by atoms with E-state index < -0.39 is 34.4 Å². The number of halogens is 1. The lowest BCUT2D eigenvalue weighted by Gasteiger charge is -2.12. The van der Waals surface area contributed by atoms with Gasteiger partial charge < -0.3 is 10.8 Å². The topological polar surface area (TPSA) is 127 Å². The van der Waals surface area contributed by atoms with E-state index in [9.17, 15) is 18.0 Å². The number of primary amides is 1. The number of carboxylic acid groups (broad SMARTS) is 1. The smallest absolute Gasteiger partial charge is 0.322 e. The van der Waals surface area contributed by atoms with E-state index >= 15 is 0 Å². The number of carbonyl (C=O) groups is 2. The highest BCUT2D eigenvalue weighted by Gasteiger charge is 2.28. The number of amides is 1. The van der Waals surface area contributed by atoms with Gasteiger partial charge in [-0.15, -0.1) is 11.3 Å². The number of thiophene rings is 1. The molecular weight excluding hydrogens is 348 g/mol. The summed E-state index contributed by atoms with van der Waals surface area (Å²) in [7, 11) is -4.00. The van der Waals surface area contributed by atoms with E-state index in [2.05, 4.69) is 15.9 Å². The Morgan fingerprint density at radius 1 is 1.56 bits per heavy atom. The summed E-state index contributed by atoms with van der Waals surface area (Å²) in [4.78, 5) is 21.5. The molecule has 1 heterocycles. The van der Waals surface area contributed by atoms with Crippen LogP contribution in [-0.2, 0) is 19.6 Å². The zero-order valence-electron chi connectivity index (χ0n) is 8.79. The van der Waals surface area contributed by atoms with Gasteiger partial charge in [0.2, 0.25) is 5.91 Å². The predicted octanol–water partition coefficient (Wildman–Crippen LogP) is 0.117. The van der Waals surface area contributed by atoms with Crippen molar-refractivity contribution in [3.05, 3.63) is 15.9 Å². The van der Waals surface area contributed by atoms with Crippen molar-refractivity contribution in [1.82, 2.24) is 4.72 Å². The van der Waals surface area contributed by atoms with Crippen LogP contribution in [0, 0.1) is 0 Å². The van der Waals surface area contributed by atoms with Crippen molar-refractivity contribution in [2.45, 2.75) is 16.7 Å². The van der Waals surface area contributed by atoms with Gasteiger partial charge in [-0.1, -0.05) is 0 Å². The molecule has 0 aliphatic rings. The first-order valence-electron chi connectivity index (χ1n) is 4.50. The second-order valence-electron chi connectivity index (χ2n) is 3.24. The largest absolute Gasteiger partial charge is 0.480 e. The second-order valence-corrected chi connectivity index (χ2v) is 6.92. The van der Waals surface area contributed by atoms with Crippen LogP contribution in [0.25, 0.3) is 0 Å². The highest BCUT2D eigenvalue weighted by atomic mass is 79.9. The Labute approximate surface area is 115 Å². The number of rotatable bonds is 6. The minimum absolute atomic E-state index is 0.0572. The molecule has 0 aliphatic carbocycles. The highest BCUT2D eigenvalue weighted by molar-refractivity contribution is 9.10. The van der Waals surface area contributed by atoms with E-state index in [1.165, 1.54) is 11.4 Å². The van der Waals surface area contributed by atoms with Crippen molar-refractivity contribution in [2.24, 2.45) is 5.73 Å². The number of carboxylic acids is 1. The van der Waals surface area contributed by atoms with Gasteiger partial charge in [0.05, 0.1) is 6.42 Å². The fourth-order valence-electron chi connectivity index (χ4n) is 1.09. The maximum absolute atomic E-state index is 11.9. The molecule has 0 aromatic carbocycles. The standard InChI is InChI=1S/C8H9BrN2O5S2/c9-4-1-2-17-8(4)18(15,16)11-5(7(13)14)3-6(10)12/h1-2,5,11H,3H2,(H2,10,12)(H,13,14)/t5-/m1/s1. The molecule has 0 radical (unpaired) electrons. The molecule has 7 nitrogen and oxygen atoms in total. The maximum atomic E-state index is 11.9. The maximum Gasteiger partial charge on any atom is 0.322 e. The lowest BCUT2D eigenvalue weighted by molar-refractivity contribution is -0.140. The van der Waals surface area contributed by atoms with Gasteiger partial charge in [0.15, 0.2) is 0 Å². The average molecular weight is 357 g/mol. The van der Waals surface area contributed by atoms with E-state index in [0.717, 1.165) is 11.3 Å². The average Bonchev–Trinajstić information content (AvgIpc) is 2.62. The fraction of sp³-hybridized carbons (Fsp3) is 0.250. The van der Waals surface area contributed by atoms with Gasteiger partial charge in [-0.25, -0.2) is 8.42 Å². The summed E-state index contributed by atoms with van der Waals surface area (Å²) in [6, 6.07) is -0.0650. The highest BCUT2D eigenvalue weighted by Crippen LogP contribution is 2.27. The molecule has 0 aliphatic heterocycles. The van der Waals surface area contributed by atoms with Crippen molar-refractivity contribution in [3.8, 4) is 0 Å². The Balaban J connectivity index is 2.97. The van der Waals surface area contributed by atoms with Crippen molar-refractivity contribution in [3.63, 3.8) is 0 Å². The second kappa shape index (κ2) is 5.78. The number of hydrogen-bond donors (Lipinski definition) is 3. The molecule has 4 N–H and O–H groups in total. The first-order valence-corrected chi connectivity index (χ1v) is 7.66. The summed E-state index contributed by atoms with van der Waals surface area (Å²) in [5, 5.41) is 10.3. The van der Waals surface area contributed by atoms with Crippen LogP contribution in [0.1, 0.15) is 6.42 Å². The Bertz CT molecular complexity index is 568. The van der Waals surface area contributed by atoms with Crippen molar-refractivity contribution in [1.29, 1.82) is 0 Å². The van der Waals surface area contributed by atoms with Crippen LogP contribution in [-0.4, -0.2) is 31.4 Å². The van der Waals surface area contributed by atoms with Crippen LogP contribution in [0.4, 0.5) is 0 Å². The van der Waals surface area contributed by atoms with Crippen molar-refractivity contribution < 1.29 is 23.1 Å². The molecule has 0 fully saturated rings. The number of sulfonamides is 1. The Morgan fingerprint density at radius 3 is 2.56 bits per heavy atom. The van der Waals surface area contributed by atoms with Gasteiger partial charge in [0, 0.05) is 4.47 Å². The van der Waals surface area contributed by atoms with E-state index in [0.29, 0.717) is 4.47 Å². The summed E-state index contributed by atoms with van der Waals surface area (Å²) in [6.07, 6.45) is -0.614. The number of nitrogens with one attached hydrogen (secondary N) is 1. The minimum Gasteiger partial charge on any atom is -0.480 e. The number of aliphatic carboxylic acids is 1.